The summed E-state index contributed by atoms with van der Waals surface area (Å²) in [6.07, 6.45) is 0.358. The first-order valence-corrected chi connectivity index (χ1v) is 9.98. The van der Waals surface area contributed by atoms with Crippen LogP contribution in [0.5, 0.6) is 0 Å². The van der Waals surface area contributed by atoms with Gasteiger partial charge in [0.05, 0.1) is 17.5 Å². The number of fused-ring (bicyclic) bond motifs is 1. The molecule has 118 valence electrons. The highest BCUT2D eigenvalue weighted by Gasteiger charge is 2.48. The normalized spacial score (nSPS) is 28.0. The van der Waals surface area contributed by atoms with Crippen LogP contribution in [0.4, 0.5) is 0 Å². The number of amidine groups is 1. The van der Waals surface area contributed by atoms with Gasteiger partial charge in [-0.25, -0.2) is 8.42 Å². The third-order valence-electron chi connectivity index (χ3n) is 3.89. The zero-order chi connectivity index (χ0) is 15.7. The van der Waals surface area contributed by atoms with E-state index < -0.39 is 9.84 Å². The molecule has 5 nitrogen and oxygen atoms in total. The molecule has 0 saturated carbocycles. The van der Waals surface area contributed by atoms with Gasteiger partial charge < -0.3 is 4.90 Å². The van der Waals surface area contributed by atoms with Crippen LogP contribution in [0.25, 0.3) is 0 Å². The van der Waals surface area contributed by atoms with Gasteiger partial charge >= 0.3 is 0 Å². The molecule has 0 aromatic heterocycles. The number of nitrogens with zero attached hydrogens (tertiary/aromatic N) is 2. The number of amides is 1. The van der Waals surface area contributed by atoms with E-state index in [0.29, 0.717) is 18.1 Å². The summed E-state index contributed by atoms with van der Waals surface area (Å²) in [4.78, 5) is 17.8. The Morgan fingerprint density at radius 3 is 2.73 bits per heavy atom. The average molecular weight is 338 g/mol. The second-order valence-electron chi connectivity index (χ2n) is 5.56. The summed E-state index contributed by atoms with van der Waals surface area (Å²) in [5.74, 6) is 0.160. The first-order chi connectivity index (χ1) is 10.5. The minimum absolute atomic E-state index is 0.0166. The van der Waals surface area contributed by atoms with Crippen LogP contribution in [0.3, 0.4) is 0 Å². The van der Waals surface area contributed by atoms with Gasteiger partial charge in [-0.1, -0.05) is 49.0 Å². The highest BCUT2D eigenvalue weighted by molar-refractivity contribution is 8.15. The van der Waals surface area contributed by atoms with E-state index in [-0.39, 0.29) is 28.7 Å². The van der Waals surface area contributed by atoms with Crippen molar-refractivity contribution in [3.05, 3.63) is 35.9 Å². The highest BCUT2D eigenvalue weighted by Crippen LogP contribution is 2.39. The van der Waals surface area contributed by atoms with Gasteiger partial charge in [-0.05, 0) is 5.56 Å². The minimum Gasteiger partial charge on any atom is -0.342 e. The molecular formula is C15H18N2O3S2. The summed E-state index contributed by atoms with van der Waals surface area (Å²) in [5, 5.41) is 0.651. The van der Waals surface area contributed by atoms with Gasteiger partial charge in [0.1, 0.15) is 0 Å². The summed E-state index contributed by atoms with van der Waals surface area (Å²) < 4.78 is 23.8. The number of benzene rings is 1. The summed E-state index contributed by atoms with van der Waals surface area (Å²) in [5.41, 5.74) is 1.09. The predicted octanol–water partition coefficient (Wildman–Crippen LogP) is 1.69. The predicted molar refractivity (Wildman–Crippen MR) is 88.5 cm³/mol. The molecule has 2 atom stereocenters. The van der Waals surface area contributed by atoms with Gasteiger partial charge in [-0.3, -0.25) is 4.79 Å². The lowest BCUT2D eigenvalue weighted by molar-refractivity contribution is -0.117. The largest absolute Gasteiger partial charge is 0.342 e. The monoisotopic (exact) mass is 338 g/mol. The Labute approximate surface area is 134 Å². The maximum atomic E-state index is 11.9. The summed E-state index contributed by atoms with van der Waals surface area (Å²) in [6, 6.07) is 9.77. The number of rotatable bonds is 3. The number of thioether (sulfide) groups is 1. The molecule has 2 aliphatic heterocycles. The van der Waals surface area contributed by atoms with Crippen LogP contribution in [-0.4, -0.2) is 47.2 Å². The Morgan fingerprint density at radius 1 is 1.32 bits per heavy atom. The zero-order valence-electron chi connectivity index (χ0n) is 12.3. The molecule has 2 aliphatic rings. The number of hydrogen-bond donors (Lipinski definition) is 0. The van der Waals surface area contributed by atoms with Crippen molar-refractivity contribution >= 4 is 32.7 Å². The van der Waals surface area contributed by atoms with E-state index in [0.717, 1.165) is 5.56 Å². The van der Waals surface area contributed by atoms with Crippen molar-refractivity contribution in [1.29, 1.82) is 0 Å². The molecule has 2 saturated heterocycles. The second kappa shape index (κ2) is 6.04. The fraction of sp³-hybridized carbons (Fsp3) is 0.467. The Bertz CT molecular complexity index is 701. The third kappa shape index (κ3) is 3.20. The van der Waals surface area contributed by atoms with E-state index in [4.69, 9.17) is 0 Å². The SMILES string of the molecule is CCC(=O)N=C1S[C@H]2CS(=O)(=O)C[C@H]2N1Cc1ccccc1. The molecule has 1 amide bonds. The van der Waals surface area contributed by atoms with Crippen molar-refractivity contribution in [1.82, 2.24) is 4.90 Å². The number of carbonyl (C=O) groups is 1. The summed E-state index contributed by atoms with van der Waals surface area (Å²) in [7, 11) is -2.99. The van der Waals surface area contributed by atoms with E-state index >= 15 is 0 Å². The molecule has 0 N–H and O–H groups in total. The highest BCUT2D eigenvalue weighted by atomic mass is 32.2. The van der Waals surface area contributed by atoms with Crippen molar-refractivity contribution in [2.24, 2.45) is 4.99 Å². The Balaban J connectivity index is 1.89. The van der Waals surface area contributed by atoms with Crippen molar-refractivity contribution in [2.75, 3.05) is 11.5 Å². The molecule has 7 heteroatoms. The maximum Gasteiger partial charge on any atom is 0.247 e. The van der Waals surface area contributed by atoms with E-state index in [2.05, 4.69) is 4.99 Å². The van der Waals surface area contributed by atoms with E-state index in [9.17, 15) is 13.2 Å². The first-order valence-electron chi connectivity index (χ1n) is 7.27. The zero-order valence-corrected chi connectivity index (χ0v) is 13.9. The van der Waals surface area contributed by atoms with Gasteiger partial charge in [0, 0.05) is 18.2 Å². The van der Waals surface area contributed by atoms with Crippen LogP contribution < -0.4 is 0 Å². The number of hydrogen-bond acceptors (Lipinski definition) is 4. The molecular weight excluding hydrogens is 320 g/mol. The molecule has 0 bridgehead atoms. The fourth-order valence-corrected chi connectivity index (χ4v) is 6.75. The van der Waals surface area contributed by atoms with Gasteiger partial charge in [-0.2, -0.15) is 4.99 Å². The quantitative estimate of drug-likeness (QED) is 0.839. The molecule has 3 rings (SSSR count). The number of aliphatic imine (C=N–C) groups is 1. The van der Waals surface area contributed by atoms with Crippen LogP contribution >= 0.6 is 11.8 Å². The van der Waals surface area contributed by atoms with Gasteiger partial charge in [-0.15, -0.1) is 0 Å². The van der Waals surface area contributed by atoms with Crippen LogP contribution in [0.1, 0.15) is 18.9 Å². The minimum atomic E-state index is -2.99. The van der Waals surface area contributed by atoms with Crippen molar-refractivity contribution in [2.45, 2.75) is 31.2 Å². The summed E-state index contributed by atoms with van der Waals surface area (Å²) >= 11 is 1.43. The first kappa shape index (κ1) is 15.6. The molecule has 0 aliphatic carbocycles. The molecule has 1 aromatic rings. The van der Waals surface area contributed by atoms with E-state index in [1.54, 1.807) is 6.92 Å². The lowest BCUT2D eigenvalue weighted by Gasteiger charge is -2.24. The van der Waals surface area contributed by atoms with Crippen LogP contribution in [0, 0.1) is 0 Å². The van der Waals surface area contributed by atoms with Crippen molar-refractivity contribution < 1.29 is 13.2 Å². The third-order valence-corrected chi connectivity index (χ3v) is 7.14. The van der Waals surface area contributed by atoms with Gasteiger partial charge in [0.15, 0.2) is 15.0 Å². The van der Waals surface area contributed by atoms with Gasteiger partial charge in [0.25, 0.3) is 0 Å². The fourth-order valence-electron chi connectivity index (χ4n) is 2.79. The Kier molecular flexibility index (Phi) is 4.27. The topological polar surface area (TPSA) is 66.8 Å². The molecule has 1 aromatic carbocycles. The van der Waals surface area contributed by atoms with E-state index in [1.807, 2.05) is 35.2 Å². The molecule has 2 heterocycles. The molecule has 2 fully saturated rings. The van der Waals surface area contributed by atoms with Crippen LogP contribution in [0.2, 0.25) is 0 Å². The van der Waals surface area contributed by atoms with Crippen LogP contribution in [0.15, 0.2) is 35.3 Å². The average Bonchev–Trinajstić information content (AvgIpc) is 2.93. The Hall–Kier alpha value is -1.34. The summed E-state index contributed by atoms with van der Waals surface area (Å²) in [6.45, 7) is 2.36. The Morgan fingerprint density at radius 2 is 2.05 bits per heavy atom. The lowest BCUT2D eigenvalue weighted by Crippen LogP contribution is -2.37. The van der Waals surface area contributed by atoms with Gasteiger partial charge in [0.2, 0.25) is 5.91 Å². The van der Waals surface area contributed by atoms with Crippen molar-refractivity contribution in [3.8, 4) is 0 Å². The molecule has 0 radical (unpaired) electrons. The second-order valence-corrected chi connectivity index (χ2v) is 8.92. The molecule has 0 spiro atoms. The molecule has 22 heavy (non-hydrogen) atoms. The number of carbonyl (C=O) groups excluding carboxylic acids is 1. The van der Waals surface area contributed by atoms with E-state index in [1.165, 1.54) is 11.8 Å². The standard InChI is InChI=1S/C15H18N2O3S2/c1-2-14(18)16-15-17(8-11-6-4-3-5-7-11)12-9-22(19,20)10-13(12)21-15/h3-7,12-13H,2,8-10H2,1H3/t12-,13+/m1/s1. The van der Waals surface area contributed by atoms with Crippen LogP contribution in [-0.2, 0) is 21.2 Å². The lowest BCUT2D eigenvalue weighted by atomic mass is 10.1. The molecule has 0 unspecified atom stereocenters. The number of sulfone groups is 1. The maximum absolute atomic E-state index is 11.9. The van der Waals surface area contributed by atoms with Crippen molar-refractivity contribution in [3.63, 3.8) is 0 Å². The smallest absolute Gasteiger partial charge is 0.247 e.